The Morgan fingerprint density at radius 2 is 1.03 bits per heavy atom. The minimum absolute atomic E-state index is 0.0271. The van der Waals surface area contributed by atoms with E-state index in [-0.39, 0.29) is 44.8 Å². The van der Waals surface area contributed by atoms with Crippen molar-refractivity contribution < 1.29 is 38.6 Å². The molecule has 0 aromatic heterocycles. The number of ether oxygens (including phenoxy) is 1. The summed E-state index contributed by atoms with van der Waals surface area (Å²) in [4.78, 5) is 76.3. The van der Waals surface area contributed by atoms with E-state index in [1.54, 1.807) is 0 Å². The Kier molecular flexibility index (Phi) is 4.80. The van der Waals surface area contributed by atoms with Crippen molar-refractivity contribution in [3.05, 3.63) is 94.0 Å². The van der Waals surface area contributed by atoms with Crippen molar-refractivity contribution in [2.75, 3.05) is 16.9 Å². The van der Waals surface area contributed by atoms with Crippen LogP contribution >= 0.6 is 0 Å². The van der Waals surface area contributed by atoms with Crippen LogP contribution in [-0.4, -0.2) is 47.8 Å². The fraction of sp³-hybridized carbons (Fsp3) is 0.0400. The number of carboxylic acids is 1. The maximum Gasteiger partial charge on any atom is 0.337 e. The van der Waals surface area contributed by atoms with Crippen LogP contribution in [0.2, 0.25) is 0 Å². The van der Waals surface area contributed by atoms with E-state index in [0.717, 1.165) is 15.9 Å². The van der Waals surface area contributed by atoms with Gasteiger partial charge in [-0.15, -0.1) is 0 Å². The molecule has 10 nitrogen and oxygen atoms in total. The number of methoxy groups -OCH3 is 1. The third-order valence-electron chi connectivity index (χ3n) is 5.81. The van der Waals surface area contributed by atoms with Gasteiger partial charge in [0, 0.05) is 0 Å². The number of carbonyl (C=O) groups excluding carboxylic acids is 5. The van der Waals surface area contributed by atoms with Gasteiger partial charge in [-0.05, 0) is 60.7 Å². The molecule has 2 aliphatic rings. The largest absolute Gasteiger partial charge is 0.478 e. The van der Waals surface area contributed by atoms with Crippen LogP contribution < -0.4 is 9.80 Å². The van der Waals surface area contributed by atoms with E-state index in [2.05, 4.69) is 4.74 Å². The highest BCUT2D eigenvalue weighted by Crippen LogP contribution is 2.33. The number of rotatable bonds is 4. The van der Waals surface area contributed by atoms with Gasteiger partial charge in [-0.2, -0.15) is 0 Å². The minimum atomic E-state index is -1.23. The van der Waals surface area contributed by atoms with Gasteiger partial charge < -0.3 is 9.84 Å². The van der Waals surface area contributed by atoms with Gasteiger partial charge in [0.25, 0.3) is 23.6 Å². The van der Waals surface area contributed by atoms with Gasteiger partial charge in [0.2, 0.25) is 0 Å². The first kappa shape index (κ1) is 21.7. The molecule has 3 aromatic rings. The van der Waals surface area contributed by atoms with Crippen LogP contribution in [0.25, 0.3) is 0 Å². The van der Waals surface area contributed by atoms with Gasteiger partial charge in [-0.25, -0.2) is 19.4 Å². The lowest BCUT2D eigenvalue weighted by molar-refractivity contribution is 0.0599. The van der Waals surface area contributed by atoms with Crippen molar-refractivity contribution in [1.82, 2.24) is 0 Å². The summed E-state index contributed by atoms with van der Waals surface area (Å²) >= 11 is 0. The van der Waals surface area contributed by atoms with E-state index < -0.39 is 35.6 Å². The standard InChI is InChI=1S/C25H14N2O8/c1-35-25(34)13-3-9-17-19(11-13)23(31)27(21(17)29)15-6-4-14(5-7-15)26-20(28)16-8-2-12(24(32)33)10-18(16)22(26)30/h2-11H,1H3,(H,32,33). The Hall–Kier alpha value is -5.12. The van der Waals surface area contributed by atoms with E-state index in [4.69, 9.17) is 5.11 Å². The number of carbonyl (C=O) groups is 6. The number of nitrogens with zero attached hydrogens (tertiary/aromatic N) is 2. The van der Waals surface area contributed by atoms with E-state index >= 15 is 0 Å². The molecule has 172 valence electrons. The minimum Gasteiger partial charge on any atom is -0.478 e. The molecule has 4 amide bonds. The van der Waals surface area contributed by atoms with Crippen molar-refractivity contribution in [3.63, 3.8) is 0 Å². The molecule has 2 aliphatic heterocycles. The van der Waals surface area contributed by atoms with E-state index in [1.807, 2.05) is 0 Å². The fourth-order valence-corrected chi connectivity index (χ4v) is 4.08. The molecule has 35 heavy (non-hydrogen) atoms. The van der Waals surface area contributed by atoms with Gasteiger partial charge in [-0.1, -0.05) is 0 Å². The lowest BCUT2D eigenvalue weighted by atomic mass is 10.1. The Balaban J connectivity index is 1.44. The summed E-state index contributed by atoms with van der Waals surface area (Å²) < 4.78 is 4.65. The zero-order chi connectivity index (χ0) is 25.0. The van der Waals surface area contributed by atoms with Gasteiger partial charge in [0.05, 0.1) is 51.9 Å². The predicted molar refractivity (Wildman–Crippen MR) is 120 cm³/mol. The SMILES string of the molecule is COC(=O)c1ccc2c(c1)C(=O)N(c1ccc(N3C(=O)c4ccc(C(=O)O)cc4C3=O)cc1)C2=O. The van der Waals surface area contributed by atoms with E-state index in [1.165, 1.54) is 61.7 Å². The number of aromatic carboxylic acids is 1. The average molecular weight is 470 g/mol. The molecule has 1 N–H and O–H groups in total. The van der Waals surface area contributed by atoms with Gasteiger partial charge in [0.15, 0.2) is 0 Å². The lowest BCUT2D eigenvalue weighted by Crippen LogP contribution is -2.30. The average Bonchev–Trinajstić information content (AvgIpc) is 3.27. The molecule has 0 aliphatic carbocycles. The summed E-state index contributed by atoms with van der Waals surface area (Å²) in [6.45, 7) is 0. The first-order valence-corrected chi connectivity index (χ1v) is 10.2. The number of benzene rings is 3. The van der Waals surface area contributed by atoms with Crippen LogP contribution in [0.3, 0.4) is 0 Å². The summed E-state index contributed by atoms with van der Waals surface area (Å²) in [5, 5.41) is 9.16. The Bertz CT molecular complexity index is 1510. The van der Waals surface area contributed by atoms with Crippen molar-refractivity contribution in [1.29, 1.82) is 0 Å². The van der Waals surface area contributed by atoms with Crippen molar-refractivity contribution in [2.45, 2.75) is 0 Å². The normalized spacial score (nSPS) is 14.3. The molecule has 10 heteroatoms. The van der Waals surface area contributed by atoms with Crippen LogP contribution in [-0.2, 0) is 4.74 Å². The summed E-state index contributed by atoms with van der Waals surface area (Å²) in [6.07, 6.45) is 0. The van der Waals surface area contributed by atoms with Gasteiger partial charge >= 0.3 is 11.9 Å². The second-order valence-corrected chi connectivity index (χ2v) is 7.73. The summed E-state index contributed by atoms with van der Waals surface area (Å²) in [5.74, 6) is -4.40. The lowest BCUT2D eigenvalue weighted by Gasteiger charge is -2.17. The Morgan fingerprint density at radius 3 is 1.46 bits per heavy atom. The zero-order valence-electron chi connectivity index (χ0n) is 18.0. The number of amides is 4. The molecule has 0 fully saturated rings. The smallest absolute Gasteiger partial charge is 0.337 e. The highest BCUT2D eigenvalue weighted by atomic mass is 16.5. The highest BCUT2D eigenvalue weighted by molar-refractivity contribution is 6.36. The quantitative estimate of drug-likeness (QED) is 0.454. The van der Waals surface area contributed by atoms with Crippen LogP contribution in [0.15, 0.2) is 60.7 Å². The number of esters is 1. The molecular formula is C25H14N2O8. The molecule has 0 atom stereocenters. The maximum atomic E-state index is 12.9. The van der Waals surface area contributed by atoms with Crippen LogP contribution in [0.5, 0.6) is 0 Å². The monoisotopic (exact) mass is 470 g/mol. The summed E-state index contributed by atoms with van der Waals surface area (Å²) in [6, 6.07) is 13.3. The van der Waals surface area contributed by atoms with Gasteiger partial charge in [-0.3, -0.25) is 19.2 Å². The first-order valence-electron chi connectivity index (χ1n) is 10.2. The van der Waals surface area contributed by atoms with Crippen molar-refractivity contribution >= 4 is 46.9 Å². The van der Waals surface area contributed by atoms with E-state index in [0.29, 0.717) is 0 Å². The molecule has 2 heterocycles. The number of fused-ring (bicyclic) bond motifs is 2. The number of anilines is 2. The molecule has 0 bridgehead atoms. The predicted octanol–water partition coefficient (Wildman–Crippen LogP) is 2.77. The first-order chi connectivity index (χ1) is 16.7. The Labute approximate surface area is 196 Å². The van der Waals surface area contributed by atoms with Gasteiger partial charge in [0.1, 0.15) is 0 Å². The topological polar surface area (TPSA) is 138 Å². The molecule has 0 unspecified atom stereocenters. The highest BCUT2D eigenvalue weighted by Gasteiger charge is 2.39. The fourth-order valence-electron chi connectivity index (χ4n) is 4.08. The van der Waals surface area contributed by atoms with Crippen LogP contribution in [0.1, 0.15) is 62.1 Å². The second-order valence-electron chi connectivity index (χ2n) is 7.73. The van der Waals surface area contributed by atoms with E-state index in [9.17, 15) is 28.8 Å². The summed E-state index contributed by atoms with van der Waals surface area (Å²) in [5.41, 5.74) is 0.611. The molecule has 5 rings (SSSR count). The van der Waals surface area contributed by atoms with Crippen molar-refractivity contribution in [2.24, 2.45) is 0 Å². The number of hydrogen-bond donors (Lipinski definition) is 1. The zero-order valence-corrected chi connectivity index (χ0v) is 18.0. The van der Waals surface area contributed by atoms with Crippen LogP contribution in [0.4, 0.5) is 11.4 Å². The molecule has 0 saturated heterocycles. The Morgan fingerprint density at radius 1 is 0.629 bits per heavy atom. The third kappa shape index (κ3) is 3.19. The third-order valence-corrected chi connectivity index (χ3v) is 5.81. The molecule has 0 radical (unpaired) electrons. The maximum absolute atomic E-state index is 12.9. The van der Waals surface area contributed by atoms with Crippen molar-refractivity contribution in [3.8, 4) is 0 Å². The molecule has 0 spiro atoms. The van der Waals surface area contributed by atoms with Crippen LogP contribution in [0, 0.1) is 0 Å². The number of imide groups is 2. The second kappa shape index (κ2) is 7.73. The molecule has 3 aromatic carbocycles. The summed E-state index contributed by atoms with van der Waals surface area (Å²) in [7, 11) is 1.20. The molecule has 0 saturated carbocycles. The number of carboxylic acid groups (broad SMARTS) is 1. The molecular weight excluding hydrogens is 456 g/mol. The number of hydrogen-bond acceptors (Lipinski definition) is 7.